The number of hydrogen-bond donors (Lipinski definition) is 0. The minimum atomic E-state index is -0.352. The van der Waals surface area contributed by atoms with Gasteiger partial charge in [-0.2, -0.15) is 0 Å². The van der Waals surface area contributed by atoms with Crippen LogP contribution < -0.4 is 4.90 Å². The third-order valence-corrected chi connectivity index (χ3v) is 4.26. The fourth-order valence-electron chi connectivity index (χ4n) is 2.53. The summed E-state index contributed by atoms with van der Waals surface area (Å²) in [5, 5.41) is 11.2. The zero-order valence-corrected chi connectivity index (χ0v) is 13.9. The molecule has 1 aliphatic rings. The second kappa shape index (κ2) is 7.06. The summed E-state index contributed by atoms with van der Waals surface area (Å²) in [5.74, 6) is -0.252. The Morgan fingerprint density at radius 3 is 2.71 bits per heavy atom. The van der Waals surface area contributed by atoms with Gasteiger partial charge in [0.25, 0.3) is 5.69 Å². The molecule has 7 heteroatoms. The highest BCUT2D eigenvalue weighted by molar-refractivity contribution is 14.1. The van der Waals surface area contributed by atoms with Gasteiger partial charge in [-0.1, -0.05) is 0 Å². The van der Waals surface area contributed by atoms with Gasteiger partial charge >= 0.3 is 5.97 Å². The largest absolute Gasteiger partial charge is 0.466 e. The van der Waals surface area contributed by atoms with Crippen molar-refractivity contribution in [3.8, 4) is 0 Å². The van der Waals surface area contributed by atoms with Crippen molar-refractivity contribution in [1.29, 1.82) is 0 Å². The minimum absolute atomic E-state index is 0.0934. The van der Waals surface area contributed by atoms with Crippen molar-refractivity contribution in [3.05, 3.63) is 31.9 Å². The predicted octanol–water partition coefficient (Wildman–Crippen LogP) is 2.98. The second-order valence-electron chi connectivity index (χ2n) is 4.90. The molecular formula is C14H17IN2O4. The fraction of sp³-hybridized carbons (Fsp3) is 0.500. The summed E-state index contributed by atoms with van der Waals surface area (Å²) >= 11 is 2.06. The van der Waals surface area contributed by atoms with Gasteiger partial charge in [0.05, 0.1) is 17.4 Å². The summed E-state index contributed by atoms with van der Waals surface area (Å²) in [7, 11) is 0. The number of anilines is 1. The molecule has 114 valence electrons. The maximum Gasteiger partial charge on any atom is 0.309 e. The Labute approximate surface area is 136 Å². The third-order valence-electron chi connectivity index (χ3n) is 3.59. The Balaban J connectivity index is 2.09. The second-order valence-corrected chi connectivity index (χ2v) is 6.15. The zero-order chi connectivity index (χ0) is 15.4. The number of esters is 1. The lowest BCUT2D eigenvalue weighted by Crippen LogP contribution is -2.37. The monoisotopic (exact) mass is 404 g/mol. The molecule has 0 atom stereocenters. The highest BCUT2D eigenvalue weighted by Crippen LogP contribution is 2.32. The van der Waals surface area contributed by atoms with E-state index in [0.29, 0.717) is 38.2 Å². The molecule has 0 aromatic heterocycles. The van der Waals surface area contributed by atoms with Crippen LogP contribution in [0.25, 0.3) is 0 Å². The van der Waals surface area contributed by atoms with E-state index >= 15 is 0 Å². The van der Waals surface area contributed by atoms with E-state index < -0.39 is 0 Å². The number of ether oxygens (including phenoxy) is 1. The molecular weight excluding hydrogens is 387 g/mol. The average molecular weight is 404 g/mol. The van der Waals surface area contributed by atoms with Crippen LogP contribution in [0.1, 0.15) is 19.8 Å². The number of benzene rings is 1. The van der Waals surface area contributed by atoms with Crippen LogP contribution >= 0.6 is 22.6 Å². The first-order chi connectivity index (χ1) is 10.0. The Kier molecular flexibility index (Phi) is 5.38. The molecule has 1 fully saturated rings. The first-order valence-electron chi connectivity index (χ1n) is 6.88. The zero-order valence-electron chi connectivity index (χ0n) is 11.8. The average Bonchev–Trinajstić information content (AvgIpc) is 2.47. The van der Waals surface area contributed by atoms with E-state index in [9.17, 15) is 14.9 Å². The van der Waals surface area contributed by atoms with E-state index in [0.717, 1.165) is 3.57 Å². The van der Waals surface area contributed by atoms with Crippen LogP contribution in [0.5, 0.6) is 0 Å². The number of carbonyl (C=O) groups is 1. The highest BCUT2D eigenvalue weighted by atomic mass is 127. The van der Waals surface area contributed by atoms with Crippen LogP contribution in [0.3, 0.4) is 0 Å². The summed E-state index contributed by atoms with van der Waals surface area (Å²) < 4.78 is 5.87. The van der Waals surface area contributed by atoms with Gasteiger partial charge in [-0.25, -0.2) is 0 Å². The van der Waals surface area contributed by atoms with Crippen LogP contribution in [-0.2, 0) is 9.53 Å². The quantitative estimate of drug-likeness (QED) is 0.334. The summed E-state index contributed by atoms with van der Waals surface area (Å²) in [4.78, 5) is 24.5. The summed E-state index contributed by atoms with van der Waals surface area (Å²) in [5.41, 5.74) is 0.749. The molecule has 0 unspecified atom stereocenters. The molecule has 0 saturated carbocycles. The van der Waals surface area contributed by atoms with Gasteiger partial charge < -0.3 is 9.64 Å². The molecule has 1 heterocycles. The molecule has 0 aliphatic carbocycles. The van der Waals surface area contributed by atoms with Gasteiger partial charge in [0.15, 0.2) is 0 Å². The summed E-state index contributed by atoms with van der Waals surface area (Å²) in [6, 6.07) is 5.22. The van der Waals surface area contributed by atoms with Crippen molar-refractivity contribution >= 4 is 39.9 Å². The number of nitro benzene ring substituents is 1. The maximum atomic E-state index is 11.7. The first kappa shape index (κ1) is 16.0. The molecule has 0 spiro atoms. The number of halogens is 1. The Hall–Kier alpha value is -1.38. The minimum Gasteiger partial charge on any atom is -0.466 e. The molecule has 0 radical (unpaired) electrons. The lowest BCUT2D eigenvalue weighted by atomic mass is 9.96. The first-order valence-corrected chi connectivity index (χ1v) is 7.96. The van der Waals surface area contributed by atoms with Gasteiger partial charge in [0.1, 0.15) is 5.69 Å². The number of nitro groups is 1. The molecule has 6 nitrogen and oxygen atoms in total. The van der Waals surface area contributed by atoms with Crippen LogP contribution in [0, 0.1) is 19.6 Å². The number of hydrogen-bond acceptors (Lipinski definition) is 5. The lowest BCUT2D eigenvalue weighted by Gasteiger charge is -2.32. The third kappa shape index (κ3) is 3.84. The van der Waals surface area contributed by atoms with Crippen molar-refractivity contribution in [3.63, 3.8) is 0 Å². The Morgan fingerprint density at radius 1 is 1.48 bits per heavy atom. The van der Waals surface area contributed by atoms with Crippen LogP contribution in [0.4, 0.5) is 11.4 Å². The smallest absolute Gasteiger partial charge is 0.309 e. The van der Waals surface area contributed by atoms with Crippen molar-refractivity contribution in [2.45, 2.75) is 19.8 Å². The van der Waals surface area contributed by atoms with Crippen molar-refractivity contribution in [2.24, 2.45) is 5.92 Å². The lowest BCUT2D eigenvalue weighted by molar-refractivity contribution is -0.384. The SMILES string of the molecule is CCOC(=O)C1CCN(c2ccc(I)cc2[N+](=O)[O-])CC1. The van der Waals surface area contributed by atoms with Gasteiger partial charge in [0, 0.05) is 22.7 Å². The summed E-state index contributed by atoms with van der Waals surface area (Å²) in [6.45, 7) is 3.44. The molecule has 1 aromatic carbocycles. The van der Waals surface area contributed by atoms with E-state index in [-0.39, 0.29) is 22.5 Å². The van der Waals surface area contributed by atoms with Crippen molar-refractivity contribution in [2.75, 3.05) is 24.6 Å². The van der Waals surface area contributed by atoms with Crippen molar-refractivity contribution < 1.29 is 14.5 Å². The van der Waals surface area contributed by atoms with Gasteiger partial charge in [-0.3, -0.25) is 14.9 Å². The van der Waals surface area contributed by atoms with E-state index in [1.54, 1.807) is 19.1 Å². The van der Waals surface area contributed by atoms with Crippen LogP contribution in [0.15, 0.2) is 18.2 Å². The molecule has 1 aromatic rings. The van der Waals surface area contributed by atoms with E-state index in [1.165, 1.54) is 0 Å². The topological polar surface area (TPSA) is 72.7 Å². The Morgan fingerprint density at radius 2 is 2.14 bits per heavy atom. The van der Waals surface area contributed by atoms with Crippen LogP contribution in [0.2, 0.25) is 0 Å². The number of carbonyl (C=O) groups excluding carboxylic acids is 1. The Bertz CT molecular complexity index is 542. The fourth-order valence-corrected chi connectivity index (χ4v) is 3.00. The van der Waals surface area contributed by atoms with Gasteiger partial charge in [-0.05, 0) is 54.5 Å². The van der Waals surface area contributed by atoms with E-state index in [1.807, 2.05) is 11.0 Å². The molecule has 21 heavy (non-hydrogen) atoms. The molecule has 2 rings (SSSR count). The molecule has 1 saturated heterocycles. The number of rotatable bonds is 4. The van der Waals surface area contributed by atoms with Crippen molar-refractivity contribution in [1.82, 2.24) is 0 Å². The standard InChI is InChI=1S/C14H17IN2O4/c1-2-21-14(18)10-5-7-16(8-6-10)12-4-3-11(15)9-13(12)17(19)20/h3-4,9-10H,2,5-8H2,1H3. The molecule has 0 amide bonds. The maximum absolute atomic E-state index is 11.7. The number of piperidine rings is 1. The molecule has 0 N–H and O–H groups in total. The van der Waals surface area contributed by atoms with E-state index in [2.05, 4.69) is 22.6 Å². The molecule has 1 aliphatic heterocycles. The normalized spacial score (nSPS) is 15.8. The number of nitrogens with zero attached hydrogens (tertiary/aromatic N) is 2. The van der Waals surface area contributed by atoms with E-state index in [4.69, 9.17) is 4.74 Å². The predicted molar refractivity (Wildman–Crippen MR) is 87.4 cm³/mol. The molecule has 0 bridgehead atoms. The van der Waals surface area contributed by atoms with Crippen LogP contribution in [-0.4, -0.2) is 30.6 Å². The van der Waals surface area contributed by atoms with Gasteiger partial charge in [-0.15, -0.1) is 0 Å². The summed E-state index contributed by atoms with van der Waals surface area (Å²) in [6.07, 6.45) is 1.34. The van der Waals surface area contributed by atoms with Gasteiger partial charge in [0.2, 0.25) is 0 Å². The highest BCUT2D eigenvalue weighted by Gasteiger charge is 2.29.